The highest BCUT2D eigenvalue weighted by Gasteiger charge is 2.23. The molecule has 0 unspecified atom stereocenters. The Labute approximate surface area is 64.8 Å². The number of nitrogens with zero attached hydrogens (tertiary/aromatic N) is 2. The Hall–Kier alpha value is -1.30. The lowest BCUT2D eigenvalue weighted by molar-refractivity contribution is 0.416. The normalized spacial score (nSPS) is 21.6. The molecule has 0 fully saturated rings. The lowest BCUT2D eigenvalue weighted by Crippen LogP contribution is -2.52. The number of hydrogen-bond donors (Lipinski definition) is 4. The highest BCUT2D eigenvalue weighted by atomic mass is 15.4. The van der Waals surface area contributed by atoms with Gasteiger partial charge < -0.3 is 11.5 Å². The van der Waals surface area contributed by atoms with E-state index < -0.39 is 5.79 Å². The summed E-state index contributed by atoms with van der Waals surface area (Å²) >= 11 is 0. The van der Waals surface area contributed by atoms with Crippen LogP contribution in [0, 0.1) is 0 Å². The average molecular weight is 156 g/mol. The average Bonchev–Trinajstić information content (AvgIpc) is 1.84. The second-order valence-corrected chi connectivity index (χ2v) is 2.39. The van der Waals surface area contributed by atoms with E-state index in [2.05, 4.69) is 20.6 Å². The van der Waals surface area contributed by atoms with E-state index in [4.69, 9.17) is 11.5 Å². The van der Waals surface area contributed by atoms with Gasteiger partial charge in [-0.1, -0.05) is 0 Å². The molecule has 0 saturated heterocycles. The van der Waals surface area contributed by atoms with Crippen molar-refractivity contribution in [2.75, 3.05) is 7.05 Å². The van der Waals surface area contributed by atoms with Gasteiger partial charge in [0, 0.05) is 0 Å². The summed E-state index contributed by atoms with van der Waals surface area (Å²) in [7, 11) is 1.74. The predicted molar refractivity (Wildman–Crippen MR) is 43.8 cm³/mol. The van der Waals surface area contributed by atoms with Gasteiger partial charge in [0.1, 0.15) is 0 Å². The van der Waals surface area contributed by atoms with Crippen molar-refractivity contribution < 1.29 is 0 Å². The molecule has 0 aromatic rings. The maximum absolute atomic E-state index is 5.41. The molecule has 0 aromatic heterocycles. The van der Waals surface area contributed by atoms with Crippen LogP contribution in [0.15, 0.2) is 9.98 Å². The third kappa shape index (κ3) is 1.58. The maximum atomic E-state index is 5.41. The van der Waals surface area contributed by atoms with Gasteiger partial charge in [-0.15, -0.1) is 0 Å². The summed E-state index contributed by atoms with van der Waals surface area (Å²) < 4.78 is 0. The maximum Gasteiger partial charge on any atom is 0.208 e. The van der Waals surface area contributed by atoms with E-state index in [0.717, 1.165) is 0 Å². The van der Waals surface area contributed by atoms with E-state index in [1.165, 1.54) is 0 Å². The molecule has 0 bridgehead atoms. The van der Waals surface area contributed by atoms with E-state index in [0.29, 0.717) is 0 Å². The minimum atomic E-state index is -0.723. The zero-order valence-corrected chi connectivity index (χ0v) is 6.55. The Morgan fingerprint density at radius 1 is 1.36 bits per heavy atom. The smallest absolute Gasteiger partial charge is 0.208 e. The monoisotopic (exact) mass is 156 g/mol. The summed E-state index contributed by atoms with van der Waals surface area (Å²) in [6.07, 6.45) is 0. The number of guanidine groups is 2. The minimum absolute atomic E-state index is 0.273. The van der Waals surface area contributed by atoms with Gasteiger partial charge in [-0.2, -0.15) is 0 Å². The molecule has 0 aromatic carbocycles. The van der Waals surface area contributed by atoms with Crippen LogP contribution in [-0.4, -0.2) is 24.8 Å². The van der Waals surface area contributed by atoms with Crippen LogP contribution in [0.4, 0.5) is 0 Å². The van der Waals surface area contributed by atoms with Crippen LogP contribution in [0.2, 0.25) is 0 Å². The summed E-state index contributed by atoms with van der Waals surface area (Å²) in [5.41, 5.74) is 10.8. The fourth-order valence-electron chi connectivity index (χ4n) is 0.793. The van der Waals surface area contributed by atoms with Gasteiger partial charge >= 0.3 is 0 Å². The zero-order chi connectivity index (χ0) is 8.48. The van der Waals surface area contributed by atoms with Gasteiger partial charge in [0.05, 0.1) is 0 Å². The topological polar surface area (TPSA) is 101 Å². The van der Waals surface area contributed by atoms with E-state index in [1.807, 2.05) is 0 Å². The molecule has 0 atom stereocenters. The fourth-order valence-corrected chi connectivity index (χ4v) is 0.793. The van der Waals surface area contributed by atoms with Crippen LogP contribution in [0.3, 0.4) is 0 Å². The Balaban J connectivity index is 2.89. The minimum Gasteiger partial charge on any atom is -0.370 e. The number of aliphatic imine (C=N–C) groups is 2. The van der Waals surface area contributed by atoms with Crippen molar-refractivity contribution >= 4 is 11.9 Å². The number of nitrogens with one attached hydrogen (secondary N) is 2. The highest BCUT2D eigenvalue weighted by molar-refractivity contribution is 5.98. The lowest BCUT2D eigenvalue weighted by Gasteiger charge is -2.25. The van der Waals surface area contributed by atoms with Gasteiger partial charge in [-0.25, -0.2) is 9.98 Å². The standard InChI is InChI=1S/C5H12N6/c1-5(8-2)10-3(6)9-4(7)11-5/h8H,1-2H3,(H5,6,7,9,10,11). The van der Waals surface area contributed by atoms with Crippen molar-refractivity contribution in [3.05, 3.63) is 0 Å². The van der Waals surface area contributed by atoms with Crippen molar-refractivity contribution in [3.8, 4) is 0 Å². The third-order valence-electron chi connectivity index (χ3n) is 1.41. The van der Waals surface area contributed by atoms with Crippen LogP contribution in [0.1, 0.15) is 6.92 Å². The molecule has 1 heterocycles. The Morgan fingerprint density at radius 2 is 1.82 bits per heavy atom. The first-order chi connectivity index (χ1) is 5.06. The summed E-state index contributed by atoms with van der Waals surface area (Å²) in [5, 5.41) is 5.45. The van der Waals surface area contributed by atoms with Crippen molar-refractivity contribution in [1.29, 1.82) is 0 Å². The summed E-state index contributed by atoms with van der Waals surface area (Å²) in [6, 6.07) is 0. The molecular weight excluding hydrogens is 144 g/mol. The number of nitrogens with two attached hydrogens (primary N) is 2. The van der Waals surface area contributed by atoms with E-state index >= 15 is 0 Å². The molecule has 62 valence electrons. The molecule has 6 N–H and O–H groups in total. The molecule has 1 aliphatic rings. The first kappa shape index (κ1) is 7.80. The van der Waals surface area contributed by atoms with E-state index in [1.54, 1.807) is 14.0 Å². The van der Waals surface area contributed by atoms with E-state index in [9.17, 15) is 0 Å². The van der Waals surface area contributed by atoms with Gasteiger partial charge in [0.25, 0.3) is 0 Å². The molecule has 0 saturated carbocycles. The van der Waals surface area contributed by atoms with Crippen LogP contribution in [0.25, 0.3) is 0 Å². The third-order valence-corrected chi connectivity index (χ3v) is 1.41. The van der Waals surface area contributed by atoms with Crippen LogP contribution < -0.4 is 22.1 Å². The fraction of sp³-hybridized carbons (Fsp3) is 0.600. The van der Waals surface area contributed by atoms with Crippen LogP contribution >= 0.6 is 0 Å². The molecule has 1 rings (SSSR count). The highest BCUT2D eigenvalue weighted by Crippen LogP contribution is 2.08. The largest absolute Gasteiger partial charge is 0.370 e. The SMILES string of the molecule is CNC1(C)N=C(N)NC(N)=N1. The Bertz CT molecular complexity index is 199. The molecule has 1 aliphatic heterocycles. The molecule has 6 nitrogen and oxygen atoms in total. The van der Waals surface area contributed by atoms with Crippen LogP contribution in [-0.2, 0) is 0 Å². The first-order valence-electron chi connectivity index (χ1n) is 3.22. The predicted octanol–water partition coefficient (Wildman–Crippen LogP) is -1.89. The Kier molecular flexibility index (Phi) is 1.69. The van der Waals surface area contributed by atoms with Gasteiger partial charge in [0.2, 0.25) is 5.79 Å². The molecule has 0 radical (unpaired) electrons. The molecule has 0 spiro atoms. The molecule has 0 amide bonds. The zero-order valence-electron chi connectivity index (χ0n) is 6.55. The van der Waals surface area contributed by atoms with Gasteiger partial charge in [-0.3, -0.25) is 10.6 Å². The lowest BCUT2D eigenvalue weighted by atomic mass is 10.4. The summed E-state index contributed by atoms with van der Waals surface area (Å²) in [5.74, 6) is -0.178. The second-order valence-electron chi connectivity index (χ2n) is 2.39. The molecule has 0 aliphatic carbocycles. The van der Waals surface area contributed by atoms with Crippen molar-refractivity contribution in [1.82, 2.24) is 10.6 Å². The molecule has 6 heteroatoms. The van der Waals surface area contributed by atoms with Gasteiger partial charge in [-0.05, 0) is 14.0 Å². The molecule has 11 heavy (non-hydrogen) atoms. The summed E-state index contributed by atoms with van der Waals surface area (Å²) in [4.78, 5) is 7.98. The van der Waals surface area contributed by atoms with Crippen molar-refractivity contribution in [2.24, 2.45) is 21.5 Å². The number of rotatable bonds is 1. The molecular formula is C5H12N6. The summed E-state index contributed by atoms with van der Waals surface area (Å²) in [6.45, 7) is 1.77. The quantitative estimate of drug-likeness (QED) is 0.356. The van der Waals surface area contributed by atoms with Gasteiger partial charge in [0.15, 0.2) is 11.9 Å². The Morgan fingerprint density at radius 3 is 2.18 bits per heavy atom. The van der Waals surface area contributed by atoms with Crippen LogP contribution in [0.5, 0.6) is 0 Å². The second kappa shape index (κ2) is 2.39. The number of hydrogen-bond acceptors (Lipinski definition) is 6. The van der Waals surface area contributed by atoms with Crippen molar-refractivity contribution in [3.63, 3.8) is 0 Å². The first-order valence-corrected chi connectivity index (χ1v) is 3.22. The van der Waals surface area contributed by atoms with Crippen molar-refractivity contribution in [2.45, 2.75) is 12.7 Å². The van der Waals surface area contributed by atoms with E-state index in [-0.39, 0.29) is 11.9 Å².